The van der Waals surface area contributed by atoms with Gasteiger partial charge in [-0.15, -0.1) is 0 Å². The summed E-state index contributed by atoms with van der Waals surface area (Å²) in [5, 5.41) is 10.7. The van der Waals surface area contributed by atoms with Crippen LogP contribution in [0.5, 0.6) is 0 Å². The fourth-order valence-electron chi connectivity index (χ4n) is 2.34. The van der Waals surface area contributed by atoms with E-state index in [9.17, 15) is 9.50 Å². The third-order valence-electron chi connectivity index (χ3n) is 2.99. The Morgan fingerprint density at radius 2 is 2.06 bits per heavy atom. The first kappa shape index (κ1) is 12.8. The van der Waals surface area contributed by atoms with Gasteiger partial charge in [-0.2, -0.15) is 0 Å². The zero-order valence-electron chi connectivity index (χ0n) is 10.1. The molecule has 0 spiro atoms. The smallest absolute Gasteiger partial charge is 0.125 e. The van der Waals surface area contributed by atoms with Gasteiger partial charge < -0.3 is 5.11 Å². The maximum Gasteiger partial charge on any atom is 0.125 e. The SMILES string of the molecule is CC(C)CN1CC(O)(c2cc(F)cc(Cl)c2)C1. The highest BCUT2D eigenvalue weighted by atomic mass is 35.5. The molecule has 1 aliphatic heterocycles. The van der Waals surface area contributed by atoms with Crippen LogP contribution in [0.15, 0.2) is 18.2 Å². The van der Waals surface area contributed by atoms with Gasteiger partial charge in [-0.3, -0.25) is 4.90 Å². The highest BCUT2D eigenvalue weighted by Gasteiger charge is 2.42. The molecule has 94 valence electrons. The summed E-state index contributed by atoms with van der Waals surface area (Å²) in [7, 11) is 0. The van der Waals surface area contributed by atoms with Crippen molar-refractivity contribution in [3.8, 4) is 0 Å². The number of aliphatic hydroxyl groups is 1. The van der Waals surface area contributed by atoms with Crippen molar-refractivity contribution >= 4 is 11.6 Å². The molecular formula is C13H17ClFNO. The highest BCUT2D eigenvalue weighted by Crippen LogP contribution is 2.33. The lowest BCUT2D eigenvalue weighted by molar-refractivity contribution is -0.107. The van der Waals surface area contributed by atoms with E-state index in [1.807, 2.05) is 0 Å². The standard InChI is InChI=1S/C13H17ClFNO/c1-9(2)6-16-7-13(17,8-16)10-3-11(14)5-12(15)4-10/h3-5,9,17H,6-8H2,1-2H3. The molecule has 1 fully saturated rings. The van der Waals surface area contributed by atoms with Gasteiger partial charge in [-0.25, -0.2) is 4.39 Å². The molecule has 0 radical (unpaired) electrons. The molecule has 0 atom stereocenters. The van der Waals surface area contributed by atoms with E-state index < -0.39 is 11.4 Å². The van der Waals surface area contributed by atoms with Crippen molar-refractivity contribution in [2.45, 2.75) is 19.4 Å². The van der Waals surface area contributed by atoms with Crippen LogP contribution in [-0.2, 0) is 5.60 Å². The van der Waals surface area contributed by atoms with E-state index in [1.54, 1.807) is 6.07 Å². The third-order valence-corrected chi connectivity index (χ3v) is 3.21. The van der Waals surface area contributed by atoms with Crippen molar-refractivity contribution in [2.24, 2.45) is 5.92 Å². The van der Waals surface area contributed by atoms with Crippen LogP contribution >= 0.6 is 11.6 Å². The fraction of sp³-hybridized carbons (Fsp3) is 0.538. The van der Waals surface area contributed by atoms with Crippen molar-refractivity contribution in [3.63, 3.8) is 0 Å². The number of likely N-dealkylation sites (tertiary alicyclic amines) is 1. The van der Waals surface area contributed by atoms with Gasteiger partial charge in [0.2, 0.25) is 0 Å². The zero-order valence-corrected chi connectivity index (χ0v) is 10.8. The molecule has 2 nitrogen and oxygen atoms in total. The molecule has 0 unspecified atom stereocenters. The van der Waals surface area contributed by atoms with Gasteiger partial charge >= 0.3 is 0 Å². The molecule has 1 aromatic carbocycles. The topological polar surface area (TPSA) is 23.5 Å². The summed E-state index contributed by atoms with van der Waals surface area (Å²) >= 11 is 5.79. The van der Waals surface area contributed by atoms with E-state index in [1.165, 1.54) is 12.1 Å². The minimum atomic E-state index is -0.944. The molecule has 4 heteroatoms. The number of hydrogen-bond acceptors (Lipinski definition) is 2. The summed E-state index contributed by atoms with van der Waals surface area (Å²) in [5.74, 6) is 0.166. The molecule has 0 saturated carbocycles. The molecule has 1 heterocycles. The van der Waals surface area contributed by atoms with Crippen molar-refractivity contribution in [1.29, 1.82) is 0 Å². The maximum atomic E-state index is 13.2. The first-order chi connectivity index (χ1) is 7.89. The van der Waals surface area contributed by atoms with Gasteiger partial charge in [-0.05, 0) is 29.7 Å². The lowest BCUT2D eigenvalue weighted by atomic mass is 9.85. The van der Waals surface area contributed by atoms with Gasteiger partial charge in [0.25, 0.3) is 0 Å². The molecule has 1 N–H and O–H groups in total. The number of β-amino-alcohol motifs (C(OH)–C–C–N with tert-alkyl or cyclic N) is 1. The molecule has 1 aromatic rings. The summed E-state index contributed by atoms with van der Waals surface area (Å²) in [5.41, 5.74) is -0.372. The number of halogens is 2. The summed E-state index contributed by atoms with van der Waals surface area (Å²) < 4.78 is 13.2. The molecule has 17 heavy (non-hydrogen) atoms. The summed E-state index contributed by atoms with van der Waals surface area (Å²) in [6.45, 7) is 6.31. The van der Waals surface area contributed by atoms with E-state index in [0.717, 1.165) is 6.54 Å². The van der Waals surface area contributed by atoms with Crippen LogP contribution in [0.3, 0.4) is 0 Å². The second-order valence-electron chi connectivity index (χ2n) is 5.25. The summed E-state index contributed by atoms with van der Waals surface area (Å²) in [4.78, 5) is 2.16. The van der Waals surface area contributed by atoms with Gasteiger partial charge in [0, 0.05) is 24.7 Å². The Hall–Kier alpha value is -0.640. The van der Waals surface area contributed by atoms with Gasteiger partial charge in [0.1, 0.15) is 11.4 Å². The van der Waals surface area contributed by atoms with E-state index in [2.05, 4.69) is 18.7 Å². The normalized spacial score (nSPS) is 19.4. The van der Waals surface area contributed by atoms with Crippen LogP contribution in [0.4, 0.5) is 4.39 Å². The molecule has 0 aromatic heterocycles. The molecular weight excluding hydrogens is 241 g/mol. The lowest BCUT2D eigenvalue weighted by Gasteiger charge is -2.47. The second kappa shape index (κ2) is 4.56. The first-order valence-corrected chi connectivity index (χ1v) is 6.18. The van der Waals surface area contributed by atoms with E-state index in [0.29, 0.717) is 29.6 Å². The van der Waals surface area contributed by atoms with Crippen LogP contribution in [0, 0.1) is 11.7 Å². The van der Waals surface area contributed by atoms with Crippen LogP contribution in [0.25, 0.3) is 0 Å². The van der Waals surface area contributed by atoms with E-state index in [4.69, 9.17) is 11.6 Å². The van der Waals surface area contributed by atoms with Crippen LogP contribution in [0.2, 0.25) is 5.02 Å². The minimum absolute atomic E-state index is 0.329. The Kier molecular flexibility index (Phi) is 3.43. The molecule has 0 bridgehead atoms. The van der Waals surface area contributed by atoms with E-state index in [-0.39, 0.29) is 0 Å². The number of rotatable bonds is 3. The largest absolute Gasteiger partial charge is 0.382 e. The Bertz CT molecular complexity index is 396. The highest BCUT2D eigenvalue weighted by molar-refractivity contribution is 6.30. The van der Waals surface area contributed by atoms with Crippen molar-refractivity contribution in [1.82, 2.24) is 4.90 Å². The van der Waals surface area contributed by atoms with Gasteiger partial charge in [0.05, 0.1) is 0 Å². The second-order valence-corrected chi connectivity index (χ2v) is 5.69. The average Bonchev–Trinajstić information content (AvgIpc) is 2.12. The van der Waals surface area contributed by atoms with E-state index >= 15 is 0 Å². The van der Waals surface area contributed by atoms with Gasteiger partial charge in [0.15, 0.2) is 0 Å². The van der Waals surface area contributed by atoms with Crippen molar-refractivity contribution < 1.29 is 9.50 Å². The fourth-order valence-corrected chi connectivity index (χ4v) is 2.57. The van der Waals surface area contributed by atoms with Crippen LogP contribution < -0.4 is 0 Å². The lowest BCUT2D eigenvalue weighted by Crippen LogP contribution is -2.60. The molecule has 2 rings (SSSR count). The molecule has 0 amide bonds. The maximum absolute atomic E-state index is 13.2. The van der Waals surface area contributed by atoms with Gasteiger partial charge in [-0.1, -0.05) is 25.4 Å². The molecule has 1 aliphatic rings. The molecule has 1 saturated heterocycles. The zero-order chi connectivity index (χ0) is 12.6. The monoisotopic (exact) mass is 257 g/mol. The Labute approximate surface area is 106 Å². The number of hydrogen-bond donors (Lipinski definition) is 1. The quantitative estimate of drug-likeness (QED) is 0.900. The third kappa shape index (κ3) is 2.79. The Balaban J connectivity index is 2.08. The number of benzene rings is 1. The predicted octanol–water partition coefficient (Wildman–Crippen LogP) is 2.64. The predicted molar refractivity (Wildman–Crippen MR) is 66.6 cm³/mol. The van der Waals surface area contributed by atoms with Crippen molar-refractivity contribution in [2.75, 3.05) is 19.6 Å². The van der Waals surface area contributed by atoms with Crippen molar-refractivity contribution in [3.05, 3.63) is 34.6 Å². The van der Waals surface area contributed by atoms with Crippen LogP contribution in [0.1, 0.15) is 19.4 Å². The first-order valence-electron chi connectivity index (χ1n) is 5.80. The minimum Gasteiger partial charge on any atom is -0.382 e. The summed E-state index contributed by atoms with van der Waals surface area (Å²) in [6.07, 6.45) is 0. The summed E-state index contributed by atoms with van der Waals surface area (Å²) in [6, 6.07) is 4.24. The Morgan fingerprint density at radius 1 is 1.41 bits per heavy atom. The molecule has 0 aliphatic carbocycles. The Morgan fingerprint density at radius 3 is 2.59 bits per heavy atom. The van der Waals surface area contributed by atoms with Crippen LogP contribution in [-0.4, -0.2) is 29.6 Å². The number of nitrogens with zero attached hydrogens (tertiary/aromatic N) is 1. The average molecular weight is 258 g/mol.